The number of nitrogens with zero attached hydrogens (tertiary/aromatic N) is 1. The highest BCUT2D eigenvalue weighted by Crippen LogP contribution is 2.37. The van der Waals surface area contributed by atoms with E-state index in [-0.39, 0.29) is 23.7 Å². The van der Waals surface area contributed by atoms with Crippen LogP contribution < -0.4 is 0 Å². The van der Waals surface area contributed by atoms with Crippen molar-refractivity contribution < 1.29 is 14.3 Å². The number of thioether (sulfide) groups is 1. The zero-order chi connectivity index (χ0) is 14.5. The van der Waals surface area contributed by atoms with Gasteiger partial charge in [0.1, 0.15) is 6.54 Å². The molecule has 0 aromatic heterocycles. The van der Waals surface area contributed by atoms with Crippen molar-refractivity contribution in [2.24, 2.45) is 0 Å². The summed E-state index contributed by atoms with van der Waals surface area (Å²) in [4.78, 5) is 26.7. The molecule has 0 N–H and O–H groups in total. The van der Waals surface area contributed by atoms with Gasteiger partial charge in [-0.15, -0.1) is 11.8 Å². The fraction of sp³-hybridized carbons (Fsp3) is 0.467. The molecule has 1 aliphatic rings. The van der Waals surface area contributed by atoms with E-state index in [9.17, 15) is 9.59 Å². The predicted octanol–water partition coefficient (Wildman–Crippen LogP) is 2.11. The van der Waals surface area contributed by atoms with Crippen LogP contribution in [0.3, 0.4) is 0 Å². The fourth-order valence-electron chi connectivity index (χ4n) is 2.23. The Morgan fingerprint density at radius 3 is 2.75 bits per heavy atom. The first-order chi connectivity index (χ1) is 9.65. The van der Waals surface area contributed by atoms with E-state index in [2.05, 4.69) is 6.07 Å². The molecule has 1 amide bonds. The van der Waals surface area contributed by atoms with E-state index in [1.54, 1.807) is 23.6 Å². The maximum Gasteiger partial charge on any atom is 0.325 e. The summed E-state index contributed by atoms with van der Waals surface area (Å²) in [6.07, 6.45) is 0.735. The van der Waals surface area contributed by atoms with Crippen molar-refractivity contribution in [3.8, 4) is 0 Å². The SMILES string of the molecule is CCOC(=O)CN(CC)C(=O)C1Cc2ccccc2S1. The highest BCUT2D eigenvalue weighted by molar-refractivity contribution is 8.01. The minimum atomic E-state index is -0.344. The second kappa shape index (κ2) is 6.79. The van der Waals surface area contributed by atoms with E-state index in [1.807, 2.05) is 25.1 Å². The van der Waals surface area contributed by atoms with Gasteiger partial charge in [-0.1, -0.05) is 18.2 Å². The van der Waals surface area contributed by atoms with Crippen molar-refractivity contribution in [2.75, 3.05) is 19.7 Å². The Balaban J connectivity index is 1.99. The number of carbonyl (C=O) groups is 2. The Bertz CT molecular complexity index is 479. The molecular formula is C15H19NO3S. The number of hydrogen-bond donors (Lipinski definition) is 0. The molecule has 1 heterocycles. The maximum absolute atomic E-state index is 12.5. The van der Waals surface area contributed by atoms with Gasteiger partial charge in [0.2, 0.25) is 5.91 Å². The lowest BCUT2D eigenvalue weighted by molar-refractivity contribution is -0.148. The van der Waals surface area contributed by atoms with Crippen LogP contribution in [0.5, 0.6) is 0 Å². The zero-order valence-electron chi connectivity index (χ0n) is 11.8. The van der Waals surface area contributed by atoms with E-state index >= 15 is 0 Å². The standard InChI is InChI=1S/C15H19NO3S/c1-3-16(10-14(17)19-4-2)15(18)13-9-11-7-5-6-8-12(11)20-13/h5-8,13H,3-4,9-10H2,1-2H3. The van der Waals surface area contributed by atoms with Crippen LogP contribution in [-0.4, -0.2) is 41.7 Å². The number of rotatable bonds is 5. The maximum atomic E-state index is 12.5. The molecule has 108 valence electrons. The first-order valence-electron chi connectivity index (χ1n) is 6.84. The molecule has 20 heavy (non-hydrogen) atoms. The van der Waals surface area contributed by atoms with Crippen molar-refractivity contribution in [2.45, 2.75) is 30.4 Å². The van der Waals surface area contributed by atoms with Crippen LogP contribution in [0.1, 0.15) is 19.4 Å². The van der Waals surface area contributed by atoms with Gasteiger partial charge in [0, 0.05) is 11.4 Å². The van der Waals surface area contributed by atoms with Crippen molar-refractivity contribution >= 4 is 23.6 Å². The van der Waals surface area contributed by atoms with Crippen LogP contribution in [0, 0.1) is 0 Å². The largest absolute Gasteiger partial charge is 0.465 e. The molecule has 0 aliphatic carbocycles. The molecule has 5 heteroatoms. The zero-order valence-corrected chi connectivity index (χ0v) is 12.6. The Kier molecular flexibility index (Phi) is 5.06. The lowest BCUT2D eigenvalue weighted by Crippen LogP contribution is -2.41. The molecule has 1 aromatic carbocycles. The quantitative estimate of drug-likeness (QED) is 0.780. The number of hydrogen-bond acceptors (Lipinski definition) is 4. The van der Waals surface area contributed by atoms with Gasteiger partial charge in [-0.05, 0) is 31.9 Å². The molecule has 0 saturated heterocycles. The number of benzene rings is 1. The third kappa shape index (κ3) is 3.33. The van der Waals surface area contributed by atoms with Gasteiger partial charge in [-0.3, -0.25) is 9.59 Å². The number of ether oxygens (including phenoxy) is 1. The molecule has 2 rings (SSSR count). The number of carbonyl (C=O) groups excluding carboxylic acids is 2. The number of fused-ring (bicyclic) bond motifs is 1. The molecule has 0 fully saturated rings. The van der Waals surface area contributed by atoms with E-state index in [0.717, 1.165) is 11.3 Å². The van der Waals surface area contributed by atoms with Crippen LogP contribution in [0.2, 0.25) is 0 Å². The summed E-state index contributed by atoms with van der Waals surface area (Å²) in [5, 5.41) is -0.123. The minimum Gasteiger partial charge on any atom is -0.465 e. The molecule has 0 radical (unpaired) electrons. The highest BCUT2D eigenvalue weighted by atomic mass is 32.2. The molecule has 1 aliphatic heterocycles. The molecule has 0 saturated carbocycles. The summed E-state index contributed by atoms with van der Waals surface area (Å²) in [7, 11) is 0. The summed E-state index contributed by atoms with van der Waals surface area (Å²) in [5.41, 5.74) is 1.21. The van der Waals surface area contributed by atoms with Crippen molar-refractivity contribution in [1.29, 1.82) is 0 Å². The third-order valence-corrected chi connectivity index (χ3v) is 4.55. The Labute approximate surface area is 123 Å². The third-order valence-electron chi connectivity index (χ3n) is 3.24. The Morgan fingerprint density at radius 2 is 2.10 bits per heavy atom. The first-order valence-corrected chi connectivity index (χ1v) is 7.72. The molecule has 0 bridgehead atoms. The van der Waals surface area contributed by atoms with Gasteiger partial charge in [0.15, 0.2) is 0 Å². The summed E-state index contributed by atoms with van der Waals surface area (Å²) >= 11 is 1.59. The van der Waals surface area contributed by atoms with Gasteiger partial charge in [-0.25, -0.2) is 0 Å². The van der Waals surface area contributed by atoms with Crippen LogP contribution >= 0.6 is 11.8 Å². The smallest absolute Gasteiger partial charge is 0.325 e. The molecular weight excluding hydrogens is 274 g/mol. The monoisotopic (exact) mass is 293 g/mol. The Morgan fingerprint density at radius 1 is 1.35 bits per heavy atom. The topological polar surface area (TPSA) is 46.6 Å². The van der Waals surface area contributed by atoms with E-state index in [0.29, 0.717) is 13.2 Å². The molecule has 1 atom stereocenters. The Hall–Kier alpha value is -1.49. The average Bonchev–Trinajstić information content (AvgIpc) is 2.88. The van der Waals surface area contributed by atoms with Crippen LogP contribution in [0.15, 0.2) is 29.2 Å². The van der Waals surface area contributed by atoms with Crippen molar-refractivity contribution in [1.82, 2.24) is 4.90 Å². The fourth-order valence-corrected chi connectivity index (χ4v) is 3.51. The number of amides is 1. The van der Waals surface area contributed by atoms with Gasteiger partial charge < -0.3 is 9.64 Å². The normalized spacial score (nSPS) is 16.6. The summed E-state index contributed by atoms with van der Waals surface area (Å²) in [6.45, 7) is 4.54. The second-order valence-electron chi connectivity index (χ2n) is 4.58. The van der Waals surface area contributed by atoms with Crippen molar-refractivity contribution in [3.63, 3.8) is 0 Å². The van der Waals surface area contributed by atoms with E-state index < -0.39 is 0 Å². The van der Waals surface area contributed by atoms with Crippen molar-refractivity contribution in [3.05, 3.63) is 29.8 Å². The summed E-state index contributed by atoms with van der Waals surface area (Å²) in [5.74, 6) is -0.329. The summed E-state index contributed by atoms with van der Waals surface area (Å²) < 4.78 is 4.91. The van der Waals surface area contributed by atoms with E-state index in [4.69, 9.17) is 4.74 Å². The summed E-state index contributed by atoms with van der Waals surface area (Å²) in [6, 6.07) is 8.06. The van der Waals surface area contributed by atoms with Gasteiger partial charge >= 0.3 is 5.97 Å². The second-order valence-corrected chi connectivity index (χ2v) is 5.82. The first kappa shape index (κ1) is 14.9. The molecule has 1 unspecified atom stereocenters. The minimum absolute atomic E-state index is 0.0155. The van der Waals surface area contributed by atoms with Gasteiger partial charge in [0.25, 0.3) is 0 Å². The molecule has 0 spiro atoms. The highest BCUT2D eigenvalue weighted by Gasteiger charge is 2.31. The number of esters is 1. The van der Waals surface area contributed by atoms with Crippen LogP contribution in [0.4, 0.5) is 0 Å². The van der Waals surface area contributed by atoms with Gasteiger partial charge in [-0.2, -0.15) is 0 Å². The lowest BCUT2D eigenvalue weighted by Gasteiger charge is -2.22. The average molecular weight is 293 g/mol. The van der Waals surface area contributed by atoms with Crippen LogP contribution in [0.25, 0.3) is 0 Å². The van der Waals surface area contributed by atoms with Gasteiger partial charge in [0.05, 0.1) is 11.9 Å². The molecule has 1 aromatic rings. The molecule has 4 nitrogen and oxygen atoms in total. The van der Waals surface area contributed by atoms with Crippen LogP contribution in [-0.2, 0) is 20.7 Å². The predicted molar refractivity (Wildman–Crippen MR) is 78.7 cm³/mol. The number of likely N-dealkylation sites (N-methyl/N-ethyl adjacent to an activating group) is 1. The van der Waals surface area contributed by atoms with E-state index in [1.165, 1.54) is 5.56 Å². The lowest BCUT2D eigenvalue weighted by atomic mass is 10.1.